The van der Waals surface area contributed by atoms with Gasteiger partial charge >= 0.3 is 5.97 Å². The molecule has 0 fully saturated rings. The molecule has 0 saturated carbocycles. The average Bonchev–Trinajstić information content (AvgIpc) is 2.63. The number of rotatable bonds is 11. The molecule has 0 aliphatic heterocycles. The number of hydrogen-bond donors (Lipinski definition) is 4. The van der Waals surface area contributed by atoms with Gasteiger partial charge in [0.05, 0.1) is 5.56 Å². The SMILES string of the molecule is CC(C)C[C@@H](N)COc1ccc(Cl)cc1C(=O)N[C@H](C(=O)N[C@@H](C)C(=O)O)C(C)C. The molecule has 1 aromatic rings. The van der Waals surface area contributed by atoms with Crippen molar-refractivity contribution in [2.75, 3.05) is 6.61 Å². The second kappa shape index (κ2) is 11.8. The van der Waals surface area contributed by atoms with Crippen LogP contribution in [0.15, 0.2) is 18.2 Å². The van der Waals surface area contributed by atoms with Crippen LogP contribution in [-0.4, -0.2) is 47.6 Å². The van der Waals surface area contributed by atoms with Gasteiger partial charge in [-0.25, -0.2) is 0 Å². The predicted octanol–water partition coefficient (Wildman–Crippen LogP) is 2.44. The minimum Gasteiger partial charge on any atom is -0.491 e. The second-order valence-electron chi connectivity index (χ2n) is 8.10. The third kappa shape index (κ3) is 8.20. The lowest BCUT2D eigenvalue weighted by Crippen LogP contribution is -2.53. The minimum atomic E-state index is -1.17. The second-order valence-corrected chi connectivity index (χ2v) is 8.54. The zero-order valence-corrected chi connectivity index (χ0v) is 18.8. The Morgan fingerprint density at radius 1 is 1.13 bits per heavy atom. The summed E-state index contributed by atoms with van der Waals surface area (Å²) in [6, 6.07) is 2.43. The van der Waals surface area contributed by atoms with E-state index in [0.29, 0.717) is 16.7 Å². The van der Waals surface area contributed by atoms with Gasteiger partial charge in [0.1, 0.15) is 24.4 Å². The molecule has 0 saturated heterocycles. The number of carboxylic acids is 1. The molecule has 1 aromatic carbocycles. The lowest BCUT2D eigenvalue weighted by atomic mass is 10.0. The molecule has 0 bridgehead atoms. The van der Waals surface area contributed by atoms with E-state index in [1.165, 1.54) is 13.0 Å². The van der Waals surface area contributed by atoms with Crippen LogP contribution in [0.3, 0.4) is 0 Å². The normalized spacial score (nSPS) is 14.2. The van der Waals surface area contributed by atoms with Crippen LogP contribution < -0.4 is 21.1 Å². The number of carbonyl (C=O) groups is 3. The molecule has 168 valence electrons. The topological polar surface area (TPSA) is 131 Å². The molecule has 0 spiro atoms. The number of carboxylic acid groups (broad SMARTS) is 1. The summed E-state index contributed by atoms with van der Waals surface area (Å²) in [5.74, 6) is -1.87. The monoisotopic (exact) mass is 441 g/mol. The number of nitrogens with one attached hydrogen (secondary N) is 2. The van der Waals surface area contributed by atoms with Gasteiger partial charge in [0.15, 0.2) is 0 Å². The average molecular weight is 442 g/mol. The number of benzene rings is 1. The summed E-state index contributed by atoms with van der Waals surface area (Å²) in [5, 5.41) is 14.4. The van der Waals surface area contributed by atoms with Crippen molar-refractivity contribution >= 4 is 29.4 Å². The van der Waals surface area contributed by atoms with Crippen LogP contribution in [0.5, 0.6) is 5.75 Å². The molecule has 5 N–H and O–H groups in total. The fraction of sp³-hybridized carbons (Fsp3) is 0.571. The molecule has 0 radical (unpaired) electrons. The van der Waals surface area contributed by atoms with Gasteiger partial charge < -0.3 is 26.2 Å². The first-order chi connectivity index (χ1) is 13.9. The van der Waals surface area contributed by atoms with E-state index < -0.39 is 29.9 Å². The van der Waals surface area contributed by atoms with E-state index in [2.05, 4.69) is 24.5 Å². The fourth-order valence-electron chi connectivity index (χ4n) is 2.79. The molecule has 0 aliphatic rings. The van der Waals surface area contributed by atoms with Gasteiger partial charge in [0, 0.05) is 11.1 Å². The standard InChI is InChI=1S/C21H32ClN3O5/c1-11(2)8-15(23)10-30-17-7-6-14(22)9-16(17)19(26)25-18(12(3)4)20(27)24-13(5)21(28)29/h6-7,9,11-13,15,18H,8,10,23H2,1-5H3,(H,24,27)(H,25,26)(H,28,29)/t13-,15+,18-/m0/s1. The summed E-state index contributed by atoms with van der Waals surface area (Å²) >= 11 is 6.05. The minimum absolute atomic E-state index is 0.170. The van der Waals surface area contributed by atoms with E-state index in [9.17, 15) is 14.4 Å². The Balaban J connectivity index is 2.97. The van der Waals surface area contributed by atoms with E-state index >= 15 is 0 Å². The molecule has 30 heavy (non-hydrogen) atoms. The highest BCUT2D eigenvalue weighted by atomic mass is 35.5. The van der Waals surface area contributed by atoms with Crippen molar-refractivity contribution in [1.82, 2.24) is 10.6 Å². The van der Waals surface area contributed by atoms with Crippen molar-refractivity contribution in [2.24, 2.45) is 17.6 Å². The number of aliphatic carboxylic acids is 1. The Kier molecular flexibility index (Phi) is 10.1. The van der Waals surface area contributed by atoms with Gasteiger partial charge in [-0.05, 0) is 43.4 Å². The van der Waals surface area contributed by atoms with Crippen LogP contribution in [0, 0.1) is 11.8 Å². The zero-order valence-electron chi connectivity index (χ0n) is 18.1. The predicted molar refractivity (Wildman–Crippen MR) is 116 cm³/mol. The van der Waals surface area contributed by atoms with E-state index in [1.54, 1.807) is 26.0 Å². The number of carbonyl (C=O) groups excluding carboxylic acids is 2. The lowest BCUT2D eigenvalue weighted by Gasteiger charge is -2.23. The largest absolute Gasteiger partial charge is 0.491 e. The molecule has 0 unspecified atom stereocenters. The van der Waals surface area contributed by atoms with Gasteiger partial charge in [-0.3, -0.25) is 14.4 Å². The van der Waals surface area contributed by atoms with E-state index in [4.69, 9.17) is 27.2 Å². The third-order valence-corrected chi connectivity index (χ3v) is 4.61. The van der Waals surface area contributed by atoms with Crippen molar-refractivity contribution in [3.8, 4) is 5.75 Å². The van der Waals surface area contributed by atoms with Crippen molar-refractivity contribution in [3.05, 3.63) is 28.8 Å². The number of ether oxygens (including phenoxy) is 1. The van der Waals surface area contributed by atoms with Crippen molar-refractivity contribution < 1.29 is 24.2 Å². The summed E-state index contributed by atoms with van der Waals surface area (Å²) in [6.45, 7) is 9.19. The number of amides is 2. The van der Waals surface area contributed by atoms with Crippen LogP contribution in [0.4, 0.5) is 0 Å². The van der Waals surface area contributed by atoms with Crippen molar-refractivity contribution in [1.29, 1.82) is 0 Å². The van der Waals surface area contributed by atoms with E-state index in [-0.39, 0.29) is 24.1 Å². The van der Waals surface area contributed by atoms with Crippen LogP contribution in [0.25, 0.3) is 0 Å². The summed E-state index contributed by atoms with van der Waals surface area (Å²) < 4.78 is 5.75. The molecule has 3 atom stereocenters. The van der Waals surface area contributed by atoms with E-state index in [1.807, 2.05) is 0 Å². The Labute approximate surface area is 182 Å². The smallest absolute Gasteiger partial charge is 0.325 e. The first-order valence-corrected chi connectivity index (χ1v) is 10.3. The maximum Gasteiger partial charge on any atom is 0.325 e. The maximum absolute atomic E-state index is 12.9. The van der Waals surface area contributed by atoms with E-state index in [0.717, 1.165) is 6.42 Å². The molecule has 0 aromatic heterocycles. The van der Waals surface area contributed by atoms with Crippen LogP contribution in [0.2, 0.25) is 5.02 Å². The zero-order chi connectivity index (χ0) is 23.0. The van der Waals surface area contributed by atoms with Crippen LogP contribution in [0.1, 0.15) is 51.4 Å². The van der Waals surface area contributed by atoms with Crippen LogP contribution in [-0.2, 0) is 9.59 Å². The van der Waals surface area contributed by atoms with Crippen molar-refractivity contribution in [3.63, 3.8) is 0 Å². The molecule has 9 heteroatoms. The Morgan fingerprint density at radius 3 is 2.30 bits per heavy atom. The third-order valence-electron chi connectivity index (χ3n) is 4.38. The molecular formula is C21H32ClN3O5. The number of nitrogens with two attached hydrogens (primary N) is 1. The maximum atomic E-state index is 12.9. The summed E-state index contributed by atoms with van der Waals surface area (Å²) in [5.41, 5.74) is 6.23. The molecule has 1 rings (SSSR count). The van der Waals surface area contributed by atoms with Crippen LogP contribution >= 0.6 is 11.6 Å². The highest BCUT2D eigenvalue weighted by Gasteiger charge is 2.28. The summed E-state index contributed by atoms with van der Waals surface area (Å²) in [4.78, 5) is 36.4. The Hall–Kier alpha value is -2.32. The quantitative estimate of drug-likeness (QED) is 0.417. The molecular weight excluding hydrogens is 410 g/mol. The highest BCUT2D eigenvalue weighted by Crippen LogP contribution is 2.24. The first-order valence-electron chi connectivity index (χ1n) is 9.94. The number of hydrogen-bond acceptors (Lipinski definition) is 5. The summed E-state index contributed by atoms with van der Waals surface area (Å²) in [6.07, 6.45) is 0.770. The number of halogens is 1. The lowest BCUT2D eigenvalue weighted by molar-refractivity contribution is -0.141. The Morgan fingerprint density at radius 2 is 1.77 bits per heavy atom. The molecule has 0 aliphatic carbocycles. The van der Waals surface area contributed by atoms with Gasteiger partial charge in [-0.1, -0.05) is 39.3 Å². The summed E-state index contributed by atoms with van der Waals surface area (Å²) in [7, 11) is 0. The molecule has 2 amide bonds. The first kappa shape index (κ1) is 25.7. The molecule has 8 nitrogen and oxygen atoms in total. The van der Waals surface area contributed by atoms with Crippen molar-refractivity contribution in [2.45, 2.75) is 59.2 Å². The highest BCUT2D eigenvalue weighted by molar-refractivity contribution is 6.31. The van der Waals surface area contributed by atoms with Gasteiger partial charge in [-0.15, -0.1) is 0 Å². The van der Waals surface area contributed by atoms with Gasteiger partial charge in [0.2, 0.25) is 5.91 Å². The molecule has 0 heterocycles. The Bertz CT molecular complexity index is 754. The van der Waals surface area contributed by atoms with Gasteiger partial charge in [-0.2, -0.15) is 0 Å². The van der Waals surface area contributed by atoms with Gasteiger partial charge in [0.25, 0.3) is 5.91 Å². The fourth-order valence-corrected chi connectivity index (χ4v) is 2.97.